The molecule has 0 heterocycles. The van der Waals surface area contributed by atoms with Crippen LogP contribution < -0.4 is 9.80 Å². The van der Waals surface area contributed by atoms with Gasteiger partial charge >= 0.3 is 0 Å². The predicted molar refractivity (Wildman–Crippen MR) is 194 cm³/mol. The van der Waals surface area contributed by atoms with Crippen LogP contribution in [0, 0.1) is 27.7 Å². The topological polar surface area (TPSA) is 6.48 Å². The van der Waals surface area contributed by atoms with E-state index in [1.54, 1.807) is 0 Å². The molecule has 0 bridgehead atoms. The van der Waals surface area contributed by atoms with E-state index in [0.29, 0.717) is 5.92 Å². The molecule has 0 aliphatic heterocycles. The van der Waals surface area contributed by atoms with Crippen LogP contribution in [0.3, 0.4) is 0 Å². The van der Waals surface area contributed by atoms with Gasteiger partial charge in [0.05, 0.1) is 11.4 Å². The molecule has 45 heavy (non-hydrogen) atoms. The van der Waals surface area contributed by atoms with Crippen molar-refractivity contribution in [2.45, 2.75) is 47.0 Å². The van der Waals surface area contributed by atoms with Gasteiger partial charge in [-0.2, -0.15) is 0 Å². The molecule has 1 aliphatic carbocycles. The predicted octanol–water partition coefficient (Wildman–Crippen LogP) is 12.5. The number of benzene rings is 6. The highest BCUT2D eigenvalue weighted by Crippen LogP contribution is 2.53. The number of aryl methyl sites for hydroxylation is 4. The third kappa shape index (κ3) is 5.31. The summed E-state index contributed by atoms with van der Waals surface area (Å²) >= 11 is 0. The molecule has 0 saturated heterocycles. The summed E-state index contributed by atoms with van der Waals surface area (Å²) in [6.45, 7) is 11.0. The number of hydrogen-bond donors (Lipinski definition) is 0. The lowest BCUT2D eigenvalue weighted by Gasteiger charge is -2.37. The first-order chi connectivity index (χ1) is 21.9. The molecule has 0 amide bonds. The standard InChI is InChI=1S/C43H40N2/c1-29-13-21-34(22-14-29)44(35-23-15-30(2)16-24-35)42-38-10-6-7-11-39(38)43(41-33(5)9-8-12-40(41)42)45(36-25-17-31(3)18-26-36)37-27-19-32(4)20-28-37/h6-8,10-28,33H,9H2,1-5H3. The van der Waals surface area contributed by atoms with Crippen LogP contribution in [0.2, 0.25) is 0 Å². The zero-order valence-corrected chi connectivity index (χ0v) is 26.9. The monoisotopic (exact) mass is 584 g/mol. The van der Waals surface area contributed by atoms with E-state index in [9.17, 15) is 0 Å². The van der Waals surface area contributed by atoms with Gasteiger partial charge in [-0.15, -0.1) is 0 Å². The molecule has 0 N–H and O–H groups in total. The summed E-state index contributed by atoms with van der Waals surface area (Å²) in [5.41, 5.74) is 14.8. The van der Waals surface area contributed by atoms with Crippen molar-refractivity contribution in [3.63, 3.8) is 0 Å². The molecule has 6 aromatic rings. The number of rotatable bonds is 6. The van der Waals surface area contributed by atoms with Crippen molar-refractivity contribution in [1.82, 2.24) is 0 Å². The van der Waals surface area contributed by atoms with E-state index in [1.807, 2.05) is 0 Å². The van der Waals surface area contributed by atoms with Crippen LogP contribution in [-0.4, -0.2) is 0 Å². The van der Waals surface area contributed by atoms with Crippen molar-refractivity contribution in [3.05, 3.63) is 161 Å². The highest BCUT2D eigenvalue weighted by atomic mass is 15.2. The molecular formula is C43H40N2. The van der Waals surface area contributed by atoms with E-state index >= 15 is 0 Å². The van der Waals surface area contributed by atoms with Crippen LogP contribution in [0.5, 0.6) is 0 Å². The quantitative estimate of drug-likeness (QED) is 0.180. The van der Waals surface area contributed by atoms with Crippen molar-refractivity contribution < 1.29 is 0 Å². The first-order valence-corrected chi connectivity index (χ1v) is 16.0. The zero-order valence-electron chi connectivity index (χ0n) is 26.9. The molecular weight excluding hydrogens is 544 g/mol. The summed E-state index contributed by atoms with van der Waals surface area (Å²) in [5, 5.41) is 2.48. The first-order valence-electron chi connectivity index (χ1n) is 16.0. The van der Waals surface area contributed by atoms with E-state index in [1.165, 1.54) is 66.9 Å². The SMILES string of the molecule is Cc1ccc(N(c2ccc(C)cc2)c2c3c(c(N(c4ccc(C)cc4)c4ccc(C)cc4)c4ccccc24)C(C)CC=C3)cc1. The molecule has 0 aromatic heterocycles. The Morgan fingerprint density at radius 1 is 0.467 bits per heavy atom. The van der Waals surface area contributed by atoms with E-state index in [2.05, 4.69) is 178 Å². The van der Waals surface area contributed by atoms with Gasteiger partial charge in [0.1, 0.15) is 0 Å². The fourth-order valence-electron chi connectivity index (χ4n) is 6.69. The molecule has 0 fully saturated rings. The maximum absolute atomic E-state index is 2.49. The van der Waals surface area contributed by atoms with Crippen molar-refractivity contribution in [3.8, 4) is 0 Å². The number of allylic oxidation sites excluding steroid dienone is 1. The summed E-state index contributed by atoms with van der Waals surface area (Å²) in [5.74, 6) is 0.333. The Hall–Kier alpha value is -5.08. The van der Waals surface area contributed by atoms with Gasteiger partial charge in [0.15, 0.2) is 0 Å². The highest BCUT2D eigenvalue weighted by Gasteiger charge is 2.31. The third-order valence-electron chi connectivity index (χ3n) is 9.12. The summed E-state index contributed by atoms with van der Waals surface area (Å²) in [6, 6.07) is 44.8. The number of fused-ring (bicyclic) bond motifs is 2. The van der Waals surface area contributed by atoms with Gasteiger partial charge in [-0.05, 0) is 94.1 Å². The Balaban J connectivity index is 1.60. The van der Waals surface area contributed by atoms with Gasteiger partial charge in [-0.3, -0.25) is 0 Å². The molecule has 1 aliphatic rings. The Kier molecular flexibility index (Phi) is 7.51. The second-order valence-electron chi connectivity index (χ2n) is 12.6. The molecule has 0 saturated carbocycles. The third-order valence-corrected chi connectivity index (χ3v) is 9.12. The van der Waals surface area contributed by atoms with Crippen LogP contribution in [0.1, 0.15) is 52.6 Å². The van der Waals surface area contributed by atoms with Gasteiger partial charge in [0, 0.05) is 39.1 Å². The van der Waals surface area contributed by atoms with Gasteiger partial charge in [0.25, 0.3) is 0 Å². The number of nitrogens with zero attached hydrogens (tertiary/aromatic N) is 2. The molecule has 222 valence electrons. The average Bonchev–Trinajstić information content (AvgIpc) is 3.05. The molecule has 7 rings (SSSR count). The molecule has 0 spiro atoms. The smallest absolute Gasteiger partial charge is 0.0616 e. The summed E-state index contributed by atoms with van der Waals surface area (Å²) in [4.78, 5) is 4.95. The van der Waals surface area contributed by atoms with E-state index < -0.39 is 0 Å². The Morgan fingerprint density at radius 2 is 0.822 bits per heavy atom. The van der Waals surface area contributed by atoms with E-state index in [0.717, 1.165) is 17.8 Å². The lowest BCUT2D eigenvalue weighted by Crippen LogP contribution is -2.19. The zero-order chi connectivity index (χ0) is 31.1. The Bertz CT molecular complexity index is 1910. The Labute approximate surface area is 267 Å². The van der Waals surface area contributed by atoms with Crippen molar-refractivity contribution >= 4 is 51.0 Å². The average molecular weight is 585 g/mol. The largest absolute Gasteiger partial charge is 0.310 e. The van der Waals surface area contributed by atoms with Crippen LogP contribution in [-0.2, 0) is 0 Å². The minimum atomic E-state index is 0.333. The number of anilines is 6. The maximum atomic E-state index is 2.49. The van der Waals surface area contributed by atoms with Crippen molar-refractivity contribution in [2.24, 2.45) is 0 Å². The van der Waals surface area contributed by atoms with Crippen LogP contribution >= 0.6 is 0 Å². The van der Waals surface area contributed by atoms with Crippen LogP contribution in [0.4, 0.5) is 34.1 Å². The first kappa shape index (κ1) is 28.7. The van der Waals surface area contributed by atoms with Gasteiger partial charge < -0.3 is 9.80 Å². The minimum absolute atomic E-state index is 0.333. The minimum Gasteiger partial charge on any atom is -0.310 e. The van der Waals surface area contributed by atoms with Crippen molar-refractivity contribution in [1.29, 1.82) is 0 Å². The fourth-order valence-corrected chi connectivity index (χ4v) is 6.69. The second kappa shape index (κ2) is 11.8. The highest BCUT2D eigenvalue weighted by molar-refractivity contribution is 6.12. The van der Waals surface area contributed by atoms with Crippen LogP contribution in [0.25, 0.3) is 16.8 Å². The molecule has 6 aromatic carbocycles. The maximum Gasteiger partial charge on any atom is 0.0616 e. The Morgan fingerprint density at radius 3 is 1.22 bits per heavy atom. The van der Waals surface area contributed by atoms with Gasteiger partial charge in [0.2, 0.25) is 0 Å². The normalized spacial score (nSPS) is 13.9. The summed E-state index contributed by atoms with van der Waals surface area (Å²) in [6.07, 6.45) is 5.74. The van der Waals surface area contributed by atoms with E-state index in [4.69, 9.17) is 0 Å². The van der Waals surface area contributed by atoms with Crippen molar-refractivity contribution in [2.75, 3.05) is 9.80 Å². The fraction of sp³-hybridized carbons (Fsp3) is 0.163. The lowest BCUT2D eigenvalue weighted by atomic mass is 9.82. The molecule has 0 radical (unpaired) electrons. The molecule has 1 unspecified atom stereocenters. The number of hydrogen-bond acceptors (Lipinski definition) is 2. The van der Waals surface area contributed by atoms with E-state index in [-0.39, 0.29) is 0 Å². The molecule has 2 heteroatoms. The summed E-state index contributed by atoms with van der Waals surface area (Å²) < 4.78 is 0. The van der Waals surface area contributed by atoms with Crippen LogP contribution in [0.15, 0.2) is 127 Å². The van der Waals surface area contributed by atoms with Gasteiger partial charge in [-0.25, -0.2) is 0 Å². The lowest BCUT2D eigenvalue weighted by molar-refractivity contribution is 0.772. The molecule has 1 atom stereocenters. The van der Waals surface area contributed by atoms with Gasteiger partial charge in [-0.1, -0.05) is 114 Å². The second-order valence-corrected chi connectivity index (χ2v) is 12.6. The summed E-state index contributed by atoms with van der Waals surface area (Å²) in [7, 11) is 0. The molecule has 2 nitrogen and oxygen atoms in total.